The fourth-order valence-electron chi connectivity index (χ4n) is 9.17. The van der Waals surface area contributed by atoms with Gasteiger partial charge in [0, 0.05) is 11.8 Å². The minimum atomic E-state index is -1.23. The van der Waals surface area contributed by atoms with Crippen molar-refractivity contribution in [2.24, 2.45) is 0 Å². The Morgan fingerprint density at radius 1 is 0.466 bits per heavy atom. The molecule has 10 rings (SSSR count). The first-order valence-corrected chi connectivity index (χ1v) is 24.8. The van der Waals surface area contributed by atoms with E-state index in [4.69, 9.17) is 52.1 Å². The number of benzene rings is 6. The van der Waals surface area contributed by atoms with Crippen LogP contribution in [0, 0.1) is 0 Å². The molecular formula is C60H59NO12. The Hall–Kier alpha value is -6.46. The van der Waals surface area contributed by atoms with Gasteiger partial charge in [-0.05, 0) is 39.9 Å². The highest BCUT2D eigenvalue weighted by Crippen LogP contribution is 2.40. The lowest BCUT2D eigenvalue weighted by Crippen LogP contribution is -2.67. The summed E-state index contributed by atoms with van der Waals surface area (Å²) in [6, 6.07) is 64.0. The summed E-state index contributed by atoms with van der Waals surface area (Å²) in [5.74, 6) is -0.669. The molecule has 13 nitrogen and oxygen atoms in total. The Labute approximate surface area is 425 Å². The summed E-state index contributed by atoms with van der Waals surface area (Å²) in [5, 5.41) is 0. The Kier molecular flexibility index (Phi) is 17.5. The minimum absolute atomic E-state index is 0.0267. The Balaban J connectivity index is 1.03. The lowest BCUT2D eigenvalue weighted by Gasteiger charge is -2.51. The summed E-state index contributed by atoms with van der Waals surface area (Å²) >= 11 is 0. The van der Waals surface area contributed by atoms with Crippen LogP contribution >= 0.6 is 0 Å². The van der Waals surface area contributed by atoms with Crippen molar-refractivity contribution in [3.8, 4) is 0 Å². The molecule has 1 aromatic heterocycles. The van der Waals surface area contributed by atoms with Crippen molar-refractivity contribution in [3.63, 3.8) is 0 Å². The van der Waals surface area contributed by atoms with Gasteiger partial charge in [0.25, 0.3) is 0 Å². The largest absolute Gasteiger partial charge is 0.452 e. The molecule has 11 atom stereocenters. The van der Waals surface area contributed by atoms with Gasteiger partial charge in [0.05, 0.1) is 46.2 Å². The second-order valence-corrected chi connectivity index (χ2v) is 18.0. The molecule has 13 heteroatoms. The molecule has 0 amide bonds. The summed E-state index contributed by atoms with van der Waals surface area (Å²) in [6.07, 6.45) is -8.63. The predicted octanol–water partition coefficient (Wildman–Crippen LogP) is 9.75. The van der Waals surface area contributed by atoms with E-state index in [9.17, 15) is 4.79 Å². The third-order valence-electron chi connectivity index (χ3n) is 12.9. The molecule has 0 spiro atoms. The third kappa shape index (κ3) is 13.4. The maximum atomic E-state index is 14.2. The van der Waals surface area contributed by atoms with Crippen molar-refractivity contribution in [2.75, 3.05) is 13.2 Å². The minimum Gasteiger partial charge on any atom is -0.452 e. The molecule has 3 fully saturated rings. The Morgan fingerprint density at radius 2 is 0.918 bits per heavy atom. The molecule has 73 heavy (non-hydrogen) atoms. The van der Waals surface area contributed by atoms with Crippen LogP contribution in [0.5, 0.6) is 0 Å². The SMILES string of the molecule is O=C(O[C@H]1[C@H](OCc2ccccc2)[C@@H](OCc2ccccc2)[C@@H](O[C@@H]2O[C@@H]3COC(c4ccccc4)O[C@H]3[C@H](OCc3ccccc3)[C@@H]2OCc2ccccc2)O[C@@H]1COCc1ccccc1)c1ccccn1. The lowest BCUT2D eigenvalue weighted by atomic mass is 9.96. The van der Waals surface area contributed by atoms with Crippen molar-refractivity contribution in [3.05, 3.63) is 245 Å². The van der Waals surface area contributed by atoms with Gasteiger partial charge in [-0.25, -0.2) is 9.78 Å². The van der Waals surface area contributed by atoms with Gasteiger partial charge in [0.1, 0.15) is 48.4 Å². The number of aromatic nitrogens is 1. The molecule has 3 aliphatic rings. The number of hydrogen-bond donors (Lipinski definition) is 0. The van der Waals surface area contributed by atoms with Gasteiger partial charge < -0.3 is 52.1 Å². The van der Waals surface area contributed by atoms with Crippen LogP contribution < -0.4 is 0 Å². The van der Waals surface area contributed by atoms with Crippen LogP contribution in [0.15, 0.2) is 206 Å². The number of nitrogens with zero attached hydrogens (tertiary/aromatic N) is 1. The van der Waals surface area contributed by atoms with E-state index in [0.29, 0.717) is 0 Å². The smallest absolute Gasteiger partial charge is 0.357 e. The van der Waals surface area contributed by atoms with Gasteiger partial charge in [-0.2, -0.15) is 0 Å². The van der Waals surface area contributed by atoms with Crippen LogP contribution in [-0.2, 0) is 85.1 Å². The van der Waals surface area contributed by atoms with E-state index in [-0.39, 0.29) is 51.9 Å². The normalized spacial score (nSPS) is 25.8. The quantitative estimate of drug-likeness (QED) is 0.0634. The van der Waals surface area contributed by atoms with Crippen molar-refractivity contribution >= 4 is 5.97 Å². The van der Waals surface area contributed by atoms with Gasteiger partial charge in [0.15, 0.2) is 25.0 Å². The average Bonchev–Trinajstić information content (AvgIpc) is 3.45. The monoisotopic (exact) mass is 985 g/mol. The summed E-state index contributed by atoms with van der Waals surface area (Å²) in [4.78, 5) is 18.5. The average molecular weight is 986 g/mol. The molecule has 0 aliphatic carbocycles. The summed E-state index contributed by atoms with van der Waals surface area (Å²) in [6.45, 7) is 1.09. The first-order valence-electron chi connectivity index (χ1n) is 24.8. The van der Waals surface area contributed by atoms with E-state index < -0.39 is 73.7 Å². The van der Waals surface area contributed by atoms with Crippen LogP contribution in [0.3, 0.4) is 0 Å². The van der Waals surface area contributed by atoms with Crippen molar-refractivity contribution in [2.45, 2.75) is 101 Å². The fraction of sp³-hybridized carbons (Fsp3) is 0.300. The summed E-state index contributed by atoms with van der Waals surface area (Å²) in [7, 11) is 0. The number of carbonyl (C=O) groups is 1. The number of hydrogen-bond acceptors (Lipinski definition) is 13. The van der Waals surface area contributed by atoms with Gasteiger partial charge in [-0.3, -0.25) is 0 Å². The molecule has 4 heterocycles. The molecule has 0 bridgehead atoms. The number of carbonyl (C=O) groups excluding carboxylic acids is 1. The number of ether oxygens (including phenoxy) is 11. The van der Waals surface area contributed by atoms with E-state index >= 15 is 0 Å². The van der Waals surface area contributed by atoms with Crippen LogP contribution in [0.25, 0.3) is 0 Å². The first kappa shape index (κ1) is 50.1. The van der Waals surface area contributed by atoms with Gasteiger partial charge >= 0.3 is 5.97 Å². The maximum absolute atomic E-state index is 14.2. The van der Waals surface area contributed by atoms with Crippen molar-refractivity contribution in [1.82, 2.24) is 4.98 Å². The maximum Gasteiger partial charge on any atom is 0.357 e. The van der Waals surface area contributed by atoms with Crippen molar-refractivity contribution in [1.29, 1.82) is 0 Å². The van der Waals surface area contributed by atoms with Crippen LogP contribution in [0.2, 0.25) is 0 Å². The number of rotatable bonds is 21. The molecule has 6 aromatic carbocycles. The highest BCUT2D eigenvalue weighted by atomic mass is 16.8. The number of fused-ring (bicyclic) bond motifs is 1. The van der Waals surface area contributed by atoms with E-state index in [1.54, 1.807) is 24.4 Å². The molecule has 0 radical (unpaired) electrons. The molecular weight excluding hydrogens is 927 g/mol. The van der Waals surface area contributed by atoms with Crippen molar-refractivity contribution < 1.29 is 56.9 Å². The summed E-state index contributed by atoms with van der Waals surface area (Å²) in [5.41, 5.74) is 5.59. The number of esters is 1. The van der Waals surface area contributed by atoms with E-state index in [0.717, 1.165) is 33.4 Å². The standard InChI is InChI=1S/C60H59NO12/c62-57(48-33-19-20-34-61-48)71-51-49(40-63-35-42-21-7-1-8-22-42)69-59(55(66-38-45-27-13-4-14-28-45)53(51)64-36-43-23-9-2-10-24-43)73-60-56(67-39-46-29-15-5-16-30-46)54(65-37-44-25-11-3-12-26-44)52-50(70-60)41-68-58(72-52)47-31-17-6-18-32-47/h1-34,49-56,58-60H,35-41H2/t49-,50-,51-,52-,53+,54+,55-,56+,58?,59-,60+/m1/s1. The van der Waals surface area contributed by atoms with Crippen LogP contribution in [0.1, 0.15) is 50.2 Å². The second-order valence-electron chi connectivity index (χ2n) is 18.0. The molecule has 0 saturated carbocycles. The number of pyridine rings is 1. The first-order chi connectivity index (χ1) is 36.1. The molecule has 376 valence electrons. The highest BCUT2D eigenvalue weighted by molar-refractivity contribution is 5.87. The van der Waals surface area contributed by atoms with Gasteiger partial charge in [-0.15, -0.1) is 0 Å². The molecule has 0 N–H and O–H groups in total. The Morgan fingerprint density at radius 3 is 1.44 bits per heavy atom. The van der Waals surface area contributed by atoms with Crippen LogP contribution in [0.4, 0.5) is 0 Å². The molecule has 3 saturated heterocycles. The van der Waals surface area contributed by atoms with E-state index in [1.807, 2.05) is 182 Å². The summed E-state index contributed by atoms with van der Waals surface area (Å²) < 4.78 is 75.1. The Bertz CT molecular complexity index is 2700. The van der Waals surface area contributed by atoms with Crippen LogP contribution in [-0.4, -0.2) is 85.6 Å². The highest BCUT2D eigenvalue weighted by Gasteiger charge is 2.56. The molecule has 3 aliphatic heterocycles. The van der Waals surface area contributed by atoms with Gasteiger partial charge in [-0.1, -0.05) is 188 Å². The molecule has 1 unspecified atom stereocenters. The van der Waals surface area contributed by atoms with E-state index in [1.165, 1.54) is 0 Å². The zero-order valence-electron chi connectivity index (χ0n) is 40.3. The zero-order chi connectivity index (χ0) is 49.4. The second kappa shape index (κ2) is 25.5. The van der Waals surface area contributed by atoms with E-state index in [2.05, 4.69) is 4.98 Å². The predicted molar refractivity (Wildman–Crippen MR) is 268 cm³/mol. The topological polar surface area (TPSA) is 131 Å². The zero-order valence-corrected chi connectivity index (χ0v) is 40.3. The fourth-order valence-corrected chi connectivity index (χ4v) is 9.17. The molecule has 7 aromatic rings. The third-order valence-corrected chi connectivity index (χ3v) is 12.9. The van der Waals surface area contributed by atoms with Gasteiger partial charge in [0.2, 0.25) is 0 Å². The lowest BCUT2D eigenvalue weighted by molar-refractivity contribution is -0.409.